The Kier molecular flexibility index (Phi) is 5.45. The fourth-order valence-corrected chi connectivity index (χ4v) is 4.08. The summed E-state index contributed by atoms with van der Waals surface area (Å²) in [6, 6.07) is 9.45. The Balaban J connectivity index is 1.38. The molecule has 2 fully saturated rings. The Labute approximate surface area is 176 Å². The summed E-state index contributed by atoms with van der Waals surface area (Å²) in [5.74, 6) is -0.272. The molecule has 148 valence electrons. The number of halogens is 1. The van der Waals surface area contributed by atoms with E-state index in [1.807, 2.05) is 30.3 Å². The van der Waals surface area contributed by atoms with Gasteiger partial charge in [0.05, 0.1) is 12.5 Å². The Morgan fingerprint density at radius 2 is 2.10 bits per heavy atom. The molecule has 0 radical (unpaired) electrons. The van der Waals surface area contributed by atoms with Crippen LogP contribution in [0.3, 0.4) is 0 Å². The maximum Gasteiger partial charge on any atom is 0.251 e. The molecule has 8 nitrogen and oxygen atoms in total. The van der Waals surface area contributed by atoms with Crippen LogP contribution >= 0.6 is 15.9 Å². The minimum absolute atomic E-state index is 0.0402. The Bertz CT molecular complexity index is 992. The molecule has 1 aromatic heterocycles. The third kappa shape index (κ3) is 4.07. The normalized spacial score (nSPS) is 21.3. The van der Waals surface area contributed by atoms with Gasteiger partial charge in [0.25, 0.3) is 5.88 Å². The van der Waals surface area contributed by atoms with E-state index in [-0.39, 0.29) is 41.8 Å². The van der Waals surface area contributed by atoms with Crippen molar-refractivity contribution in [1.82, 2.24) is 14.9 Å². The van der Waals surface area contributed by atoms with Crippen LogP contribution in [0.25, 0.3) is 0 Å². The number of aromatic nitrogens is 2. The summed E-state index contributed by atoms with van der Waals surface area (Å²) in [5, 5.41) is 9.10. The molecule has 0 N–H and O–H groups in total. The third-order valence-corrected chi connectivity index (χ3v) is 5.59. The molecular formula is C20H18BrN5O3. The van der Waals surface area contributed by atoms with Crippen LogP contribution in [0.15, 0.2) is 41.1 Å². The lowest BCUT2D eigenvalue weighted by atomic mass is 10.1. The monoisotopic (exact) mass is 455 g/mol. The highest BCUT2D eigenvalue weighted by molar-refractivity contribution is 9.10. The lowest BCUT2D eigenvalue weighted by Gasteiger charge is -2.21. The highest BCUT2D eigenvalue weighted by atomic mass is 79.9. The number of carbonyl (C=O) groups is 2. The lowest BCUT2D eigenvalue weighted by Crippen LogP contribution is -2.37. The first kappa shape index (κ1) is 19.3. The van der Waals surface area contributed by atoms with E-state index in [0.717, 1.165) is 10.2 Å². The van der Waals surface area contributed by atoms with Crippen molar-refractivity contribution in [2.75, 3.05) is 24.5 Å². The van der Waals surface area contributed by atoms with E-state index in [1.165, 1.54) is 12.4 Å². The number of rotatable bonds is 4. The molecule has 1 aromatic carbocycles. The van der Waals surface area contributed by atoms with E-state index in [4.69, 9.17) is 10.00 Å². The predicted octanol–water partition coefficient (Wildman–Crippen LogP) is 2.14. The Morgan fingerprint density at radius 3 is 2.90 bits per heavy atom. The Hall–Kier alpha value is -2.99. The number of amides is 2. The molecule has 4 rings (SSSR count). The zero-order valence-electron chi connectivity index (χ0n) is 15.5. The Morgan fingerprint density at radius 1 is 1.28 bits per heavy atom. The van der Waals surface area contributed by atoms with Crippen molar-refractivity contribution in [3.63, 3.8) is 0 Å². The first-order chi connectivity index (χ1) is 14.0. The van der Waals surface area contributed by atoms with Gasteiger partial charge in [-0.15, -0.1) is 0 Å². The van der Waals surface area contributed by atoms with E-state index in [9.17, 15) is 9.59 Å². The van der Waals surface area contributed by atoms with E-state index in [0.29, 0.717) is 26.1 Å². The molecule has 2 aliphatic rings. The minimum Gasteiger partial charge on any atom is -0.470 e. The highest BCUT2D eigenvalue weighted by Gasteiger charge is 2.39. The van der Waals surface area contributed by atoms with Gasteiger partial charge in [-0.2, -0.15) is 5.26 Å². The largest absolute Gasteiger partial charge is 0.470 e. The van der Waals surface area contributed by atoms with Crippen molar-refractivity contribution in [2.45, 2.75) is 18.9 Å². The topological polar surface area (TPSA) is 99.4 Å². The van der Waals surface area contributed by atoms with Crippen molar-refractivity contribution in [3.8, 4) is 11.9 Å². The number of anilines is 1. The van der Waals surface area contributed by atoms with Gasteiger partial charge in [0.15, 0.2) is 0 Å². The van der Waals surface area contributed by atoms with Gasteiger partial charge in [0.2, 0.25) is 17.5 Å². The summed E-state index contributed by atoms with van der Waals surface area (Å²) in [6.07, 6.45) is 3.50. The number of nitriles is 1. The average Bonchev–Trinajstić information content (AvgIpc) is 3.34. The number of carbonyl (C=O) groups excluding carboxylic acids is 2. The second-order valence-electron chi connectivity index (χ2n) is 7.02. The summed E-state index contributed by atoms with van der Waals surface area (Å²) in [6.45, 7) is 1.33. The smallest absolute Gasteiger partial charge is 0.251 e. The van der Waals surface area contributed by atoms with Crippen LogP contribution in [0.2, 0.25) is 0 Å². The van der Waals surface area contributed by atoms with Crippen LogP contribution in [0.1, 0.15) is 18.5 Å². The van der Waals surface area contributed by atoms with Crippen molar-refractivity contribution >= 4 is 33.4 Å². The van der Waals surface area contributed by atoms with Crippen molar-refractivity contribution in [2.24, 2.45) is 5.92 Å². The van der Waals surface area contributed by atoms with Gasteiger partial charge in [0, 0.05) is 48.5 Å². The minimum atomic E-state index is -0.369. The van der Waals surface area contributed by atoms with E-state index < -0.39 is 0 Å². The van der Waals surface area contributed by atoms with Crippen molar-refractivity contribution in [3.05, 3.63) is 46.8 Å². The molecule has 3 heterocycles. The molecule has 0 aliphatic carbocycles. The first-order valence-corrected chi connectivity index (χ1v) is 10.1. The number of ether oxygens (including phenoxy) is 1. The van der Waals surface area contributed by atoms with Crippen molar-refractivity contribution < 1.29 is 14.3 Å². The number of hydrogen-bond donors (Lipinski definition) is 0. The van der Waals surface area contributed by atoms with E-state index in [1.54, 1.807) is 9.80 Å². The maximum atomic E-state index is 13.0. The average molecular weight is 456 g/mol. The molecular weight excluding hydrogens is 438 g/mol. The number of hydrogen-bond acceptors (Lipinski definition) is 6. The number of likely N-dealkylation sites (tertiary alicyclic amines) is 1. The van der Waals surface area contributed by atoms with Gasteiger partial charge in [-0.25, -0.2) is 9.97 Å². The fourth-order valence-electron chi connectivity index (χ4n) is 3.70. The molecule has 9 heteroatoms. The zero-order valence-corrected chi connectivity index (χ0v) is 17.1. The van der Waals surface area contributed by atoms with E-state index in [2.05, 4.69) is 25.9 Å². The summed E-state index contributed by atoms with van der Waals surface area (Å²) in [7, 11) is 0. The van der Waals surface area contributed by atoms with Crippen LogP contribution in [-0.4, -0.2) is 52.4 Å². The van der Waals surface area contributed by atoms with Crippen molar-refractivity contribution in [1.29, 1.82) is 5.26 Å². The second kappa shape index (κ2) is 8.17. The van der Waals surface area contributed by atoms with Crippen LogP contribution in [0.4, 0.5) is 5.69 Å². The second-order valence-corrected chi connectivity index (χ2v) is 7.94. The van der Waals surface area contributed by atoms with Crippen LogP contribution < -0.4 is 9.64 Å². The number of benzene rings is 1. The highest BCUT2D eigenvalue weighted by Crippen LogP contribution is 2.29. The molecule has 0 bridgehead atoms. The van der Waals surface area contributed by atoms with Gasteiger partial charge >= 0.3 is 0 Å². The van der Waals surface area contributed by atoms with Crippen LogP contribution in [0, 0.1) is 17.2 Å². The van der Waals surface area contributed by atoms with E-state index >= 15 is 0 Å². The summed E-state index contributed by atoms with van der Waals surface area (Å²) in [5.41, 5.74) is 0.914. The first-order valence-electron chi connectivity index (χ1n) is 9.27. The summed E-state index contributed by atoms with van der Waals surface area (Å²) >= 11 is 3.41. The number of nitrogens with zero attached hydrogens (tertiary/aromatic N) is 5. The van der Waals surface area contributed by atoms with Gasteiger partial charge < -0.3 is 14.5 Å². The quantitative estimate of drug-likeness (QED) is 0.699. The van der Waals surface area contributed by atoms with Crippen LogP contribution in [0.5, 0.6) is 5.88 Å². The van der Waals surface area contributed by atoms with Crippen LogP contribution in [-0.2, 0) is 9.59 Å². The van der Waals surface area contributed by atoms with Gasteiger partial charge in [-0.3, -0.25) is 9.59 Å². The molecule has 2 saturated heterocycles. The maximum absolute atomic E-state index is 13.0. The third-order valence-electron chi connectivity index (χ3n) is 5.10. The molecule has 2 unspecified atom stereocenters. The molecule has 0 saturated carbocycles. The van der Waals surface area contributed by atoms with Gasteiger partial charge in [-0.05, 0) is 18.2 Å². The lowest BCUT2D eigenvalue weighted by molar-refractivity contribution is -0.135. The van der Waals surface area contributed by atoms with Gasteiger partial charge in [-0.1, -0.05) is 22.0 Å². The molecule has 29 heavy (non-hydrogen) atoms. The molecule has 2 aliphatic heterocycles. The van der Waals surface area contributed by atoms with Gasteiger partial charge in [0.1, 0.15) is 12.2 Å². The molecule has 2 amide bonds. The SMILES string of the molecule is N#Cc1nccnc1OC1CCN(C(=O)C2CC(=O)N(c3cccc(Br)c3)C2)C1. The predicted molar refractivity (Wildman–Crippen MR) is 107 cm³/mol. The zero-order chi connectivity index (χ0) is 20.4. The molecule has 2 aromatic rings. The standard InChI is InChI=1S/C20H18BrN5O3/c21-14-2-1-3-15(9-14)26-11-13(8-18(26)27)20(28)25-7-4-16(12-25)29-19-17(10-22)23-5-6-24-19/h1-3,5-6,9,13,16H,4,7-8,11-12H2. The summed E-state index contributed by atoms with van der Waals surface area (Å²) < 4.78 is 6.68. The fraction of sp³-hybridized carbons (Fsp3) is 0.350. The molecule has 0 spiro atoms. The summed E-state index contributed by atoms with van der Waals surface area (Å²) in [4.78, 5) is 36.8. The molecule has 2 atom stereocenters.